The molecule has 2 aliphatic rings. The van der Waals surface area contributed by atoms with E-state index >= 15 is 0 Å². The highest BCUT2D eigenvalue weighted by Crippen LogP contribution is 2.29. The molecular formula is C13H15FN2O2S2. The van der Waals surface area contributed by atoms with E-state index in [1.807, 2.05) is 4.90 Å². The van der Waals surface area contributed by atoms with Gasteiger partial charge in [-0.15, -0.1) is 0 Å². The molecule has 0 saturated carbocycles. The van der Waals surface area contributed by atoms with Gasteiger partial charge in [-0.2, -0.15) is 0 Å². The van der Waals surface area contributed by atoms with Crippen molar-refractivity contribution in [1.82, 2.24) is 4.90 Å². The van der Waals surface area contributed by atoms with Crippen LogP contribution < -0.4 is 0 Å². The maximum atomic E-state index is 13.6. The predicted octanol–water partition coefficient (Wildman–Crippen LogP) is 2.05. The van der Waals surface area contributed by atoms with Crippen LogP contribution in [0.1, 0.15) is 6.42 Å². The number of para-hydroxylation sites is 1. The number of aliphatic imine (C=N–C) groups is 1. The van der Waals surface area contributed by atoms with Gasteiger partial charge in [0.05, 0.1) is 11.5 Å². The average molecular weight is 314 g/mol. The fraction of sp³-hybridized carbons (Fsp3) is 0.462. The van der Waals surface area contributed by atoms with Crippen molar-refractivity contribution in [3.8, 4) is 0 Å². The van der Waals surface area contributed by atoms with Crippen LogP contribution in [0.5, 0.6) is 0 Å². The molecule has 108 valence electrons. The zero-order valence-corrected chi connectivity index (χ0v) is 12.5. The van der Waals surface area contributed by atoms with Gasteiger partial charge in [0.25, 0.3) is 0 Å². The van der Waals surface area contributed by atoms with Gasteiger partial charge in [0.2, 0.25) is 0 Å². The Morgan fingerprint density at radius 1 is 1.35 bits per heavy atom. The Hall–Kier alpha value is -1.08. The van der Waals surface area contributed by atoms with Crippen molar-refractivity contribution in [2.45, 2.75) is 12.5 Å². The van der Waals surface area contributed by atoms with Gasteiger partial charge >= 0.3 is 0 Å². The lowest BCUT2D eigenvalue weighted by Crippen LogP contribution is -2.36. The Kier molecular flexibility index (Phi) is 3.72. The molecule has 1 aromatic carbocycles. The second-order valence-electron chi connectivity index (χ2n) is 4.94. The average Bonchev–Trinajstić information content (AvgIpc) is 2.98. The van der Waals surface area contributed by atoms with E-state index in [0.29, 0.717) is 12.1 Å². The first kappa shape index (κ1) is 13.9. The fourth-order valence-electron chi connectivity index (χ4n) is 2.52. The molecule has 3 rings (SSSR count). The van der Waals surface area contributed by atoms with Crippen LogP contribution in [-0.4, -0.2) is 48.3 Å². The number of amidine groups is 1. The molecule has 0 radical (unpaired) electrons. The highest BCUT2D eigenvalue weighted by Gasteiger charge is 2.36. The molecule has 0 amide bonds. The predicted molar refractivity (Wildman–Crippen MR) is 79.7 cm³/mol. The Bertz CT molecular complexity index is 646. The summed E-state index contributed by atoms with van der Waals surface area (Å²) in [5.41, 5.74) is 0.308. The largest absolute Gasteiger partial charge is 0.346 e. The summed E-state index contributed by atoms with van der Waals surface area (Å²) in [6.07, 6.45) is 0.638. The lowest BCUT2D eigenvalue weighted by atomic mass is 10.2. The van der Waals surface area contributed by atoms with Crippen molar-refractivity contribution < 1.29 is 12.8 Å². The van der Waals surface area contributed by atoms with Crippen molar-refractivity contribution in [3.05, 3.63) is 30.1 Å². The molecule has 7 heteroatoms. The summed E-state index contributed by atoms with van der Waals surface area (Å²) in [6, 6.07) is 6.36. The minimum Gasteiger partial charge on any atom is -0.346 e. The standard InChI is InChI=1S/C13H15FN2O2S2/c14-11-3-1-2-4-12(11)15-13-16(6-7-19-13)10-5-8-20(17,18)9-10/h1-4,10H,5-9H2/t10-/m1/s1. The van der Waals surface area contributed by atoms with Gasteiger partial charge in [-0.3, -0.25) is 0 Å². The van der Waals surface area contributed by atoms with E-state index < -0.39 is 9.84 Å². The third-order valence-electron chi connectivity index (χ3n) is 3.53. The van der Waals surface area contributed by atoms with Gasteiger partial charge in [-0.05, 0) is 18.6 Å². The number of nitrogens with zero attached hydrogens (tertiary/aromatic N) is 2. The first-order valence-corrected chi connectivity index (χ1v) is 9.29. The smallest absolute Gasteiger partial charge is 0.164 e. The lowest BCUT2D eigenvalue weighted by Gasteiger charge is -2.24. The molecule has 2 aliphatic heterocycles. The second kappa shape index (κ2) is 5.37. The van der Waals surface area contributed by atoms with Crippen LogP contribution in [0.25, 0.3) is 0 Å². The number of hydrogen-bond acceptors (Lipinski definition) is 4. The van der Waals surface area contributed by atoms with Gasteiger partial charge in [0, 0.05) is 18.3 Å². The molecule has 4 nitrogen and oxygen atoms in total. The van der Waals surface area contributed by atoms with E-state index in [9.17, 15) is 12.8 Å². The van der Waals surface area contributed by atoms with E-state index in [0.717, 1.165) is 17.5 Å². The molecule has 0 bridgehead atoms. The monoisotopic (exact) mass is 314 g/mol. The van der Waals surface area contributed by atoms with Crippen LogP contribution in [0.4, 0.5) is 10.1 Å². The zero-order valence-electron chi connectivity index (χ0n) is 10.8. The minimum atomic E-state index is -2.92. The van der Waals surface area contributed by atoms with Crippen LogP contribution >= 0.6 is 11.8 Å². The van der Waals surface area contributed by atoms with Crippen molar-refractivity contribution in [2.24, 2.45) is 4.99 Å². The van der Waals surface area contributed by atoms with Crippen LogP contribution in [-0.2, 0) is 9.84 Å². The highest BCUT2D eigenvalue weighted by molar-refractivity contribution is 8.14. The Labute approximate surface area is 122 Å². The Morgan fingerprint density at radius 2 is 2.15 bits per heavy atom. The van der Waals surface area contributed by atoms with Crippen LogP contribution in [0.2, 0.25) is 0 Å². The van der Waals surface area contributed by atoms with E-state index in [1.165, 1.54) is 6.07 Å². The van der Waals surface area contributed by atoms with E-state index in [1.54, 1.807) is 30.0 Å². The van der Waals surface area contributed by atoms with Crippen LogP contribution in [0.15, 0.2) is 29.3 Å². The molecule has 2 heterocycles. The van der Waals surface area contributed by atoms with Crippen LogP contribution in [0.3, 0.4) is 0 Å². The van der Waals surface area contributed by atoms with E-state index in [2.05, 4.69) is 4.99 Å². The van der Waals surface area contributed by atoms with Crippen molar-refractivity contribution in [3.63, 3.8) is 0 Å². The summed E-state index contributed by atoms with van der Waals surface area (Å²) < 4.78 is 36.8. The van der Waals surface area contributed by atoms with Gasteiger partial charge < -0.3 is 4.90 Å². The first-order chi connectivity index (χ1) is 9.55. The fourth-order valence-corrected chi connectivity index (χ4v) is 5.29. The number of halogens is 1. The van der Waals surface area contributed by atoms with Crippen molar-refractivity contribution in [1.29, 1.82) is 0 Å². The Morgan fingerprint density at radius 3 is 2.85 bits per heavy atom. The molecular weight excluding hydrogens is 299 g/mol. The summed E-state index contributed by atoms with van der Waals surface area (Å²) in [6.45, 7) is 0.776. The molecule has 0 aliphatic carbocycles. The first-order valence-electron chi connectivity index (χ1n) is 6.48. The molecule has 20 heavy (non-hydrogen) atoms. The summed E-state index contributed by atoms with van der Waals surface area (Å²) in [7, 11) is -2.92. The maximum Gasteiger partial charge on any atom is 0.164 e. The number of sulfone groups is 1. The normalized spacial score (nSPS) is 27.4. The second-order valence-corrected chi connectivity index (χ2v) is 8.24. The topological polar surface area (TPSA) is 49.7 Å². The number of thioether (sulfide) groups is 1. The molecule has 2 fully saturated rings. The van der Waals surface area contributed by atoms with E-state index in [4.69, 9.17) is 0 Å². The third-order valence-corrected chi connectivity index (χ3v) is 6.25. The van der Waals surface area contributed by atoms with Gasteiger partial charge in [-0.1, -0.05) is 23.9 Å². The number of benzene rings is 1. The molecule has 0 N–H and O–H groups in total. The minimum absolute atomic E-state index is 0.0134. The highest BCUT2D eigenvalue weighted by atomic mass is 32.2. The number of rotatable bonds is 2. The summed E-state index contributed by atoms with van der Waals surface area (Å²) in [4.78, 5) is 6.38. The van der Waals surface area contributed by atoms with Crippen LogP contribution in [0, 0.1) is 5.82 Å². The molecule has 0 unspecified atom stereocenters. The summed E-state index contributed by atoms with van der Waals surface area (Å²) >= 11 is 1.56. The molecule has 1 aromatic rings. The SMILES string of the molecule is O=S1(=O)CC[C@@H](N2CCSC2=Nc2ccccc2F)C1. The lowest BCUT2D eigenvalue weighted by molar-refractivity contribution is 0.366. The summed E-state index contributed by atoms with van der Waals surface area (Å²) in [5, 5.41) is 0.734. The zero-order chi connectivity index (χ0) is 14.2. The van der Waals surface area contributed by atoms with Crippen molar-refractivity contribution in [2.75, 3.05) is 23.8 Å². The number of hydrogen-bond donors (Lipinski definition) is 0. The maximum absolute atomic E-state index is 13.6. The molecule has 0 spiro atoms. The van der Waals surface area contributed by atoms with Gasteiger partial charge in [0.15, 0.2) is 15.0 Å². The molecule has 0 aromatic heterocycles. The van der Waals surface area contributed by atoms with E-state index in [-0.39, 0.29) is 23.4 Å². The molecule has 2 saturated heterocycles. The van der Waals surface area contributed by atoms with Gasteiger partial charge in [0.1, 0.15) is 11.5 Å². The van der Waals surface area contributed by atoms with Gasteiger partial charge in [-0.25, -0.2) is 17.8 Å². The third kappa shape index (κ3) is 2.83. The molecule has 1 atom stereocenters. The Balaban J connectivity index is 1.85. The van der Waals surface area contributed by atoms with Crippen molar-refractivity contribution >= 4 is 32.5 Å². The summed E-state index contributed by atoms with van der Waals surface area (Å²) in [5.74, 6) is 0.936. The quantitative estimate of drug-likeness (QED) is 0.838.